The van der Waals surface area contributed by atoms with Gasteiger partial charge in [0.15, 0.2) is 5.78 Å². The third kappa shape index (κ3) is 2.34. The highest BCUT2D eigenvalue weighted by molar-refractivity contribution is 7.86. The van der Waals surface area contributed by atoms with Crippen molar-refractivity contribution in [1.82, 2.24) is 0 Å². The van der Waals surface area contributed by atoms with E-state index >= 15 is 0 Å². The molecule has 15 heavy (non-hydrogen) atoms. The fourth-order valence-corrected chi connectivity index (χ4v) is 1.84. The first-order valence-corrected chi connectivity index (χ1v) is 5.71. The molecule has 82 valence electrons. The number of anilines is 1. The Labute approximate surface area is 87.7 Å². The number of nitrogen functional groups attached to an aromatic ring is 1. The third-order valence-electron chi connectivity index (χ3n) is 1.97. The summed E-state index contributed by atoms with van der Waals surface area (Å²) in [6.45, 7) is 1.64. The van der Waals surface area contributed by atoms with Crippen molar-refractivity contribution in [1.29, 1.82) is 0 Å². The van der Waals surface area contributed by atoms with Crippen LogP contribution in [0, 0.1) is 0 Å². The second kappa shape index (κ2) is 4.00. The van der Waals surface area contributed by atoms with Crippen LogP contribution in [-0.4, -0.2) is 18.8 Å². The van der Waals surface area contributed by atoms with Gasteiger partial charge in [0.1, 0.15) is 4.90 Å². The van der Waals surface area contributed by atoms with Gasteiger partial charge in [0.2, 0.25) is 0 Å². The number of rotatable bonds is 3. The van der Waals surface area contributed by atoms with E-state index in [9.17, 15) is 13.2 Å². The Bertz CT molecular complexity index is 493. The molecular weight excluding hydrogens is 218 g/mol. The van der Waals surface area contributed by atoms with Crippen LogP contribution in [0.15, 0.2) is 23.1 Å². The number of para-hydroxylation sites is 1. The minimum Gasteiger partial charge on any atom is -0.397 e. The summed E-state index contributed by atoms with van der Waals surface area (Å²) < 4.78 is 30.6. The van der Waals surface area contributed by atoms with Crippen LogP contribution in [0.4, 0.5) is 5.69 Å². The topological polar surface area (TPSA) is 97.5 Å². The molecule has 1 rings (SSSR count). The van der Waals surface area contributed by atoms with Crippen LogP contribution in [0.25, 0.3) is 0 Å². The first-order chi connectivity index (χ1) is 6.88. The maximum absolute atomic E-state index is 11.4. The lowest BCUT2D eigenvalue weighted by Crippen LogP contribution is -2.08. The van der Waals surface area contributed by atoms with Crippen LogP contribution < -0.4 is 5.73 Å². The molecule has 0 radical (unpaired) electrons. The van der Waals surface area contributed by atoms with Crippen molar-refractivity contribution >= 4 is 21.6 Å². The maximum atomic E-state index is 11.4. The Balaban J connectivity index is 3.43. The predicted molar refractivity (Wildman–Crippen MR) is 55.3 cm³/mol. The van der Waals surface area contributed by atoms with Gasteiger partial charge in [-0.25, -0.2) is 0 Å². The molecule has 0 aromatic heterocycles. The number of Topliss-reactive ketones (excluding diaryl/α,β-unsaturated/α-hetero) is 1. The predicted octanol–water partition coefficient (Wildman–Crippen LogP) is 1.11. The maximum Gasteiger partial charge on any atom is 0.296 e. The van der Waals surface area contributed by atoms with Gasteiger partial charge < -0.3 is 5.73 Å². The van der Waals surface area contributed by atoms with Crippen molar-refractivity contribution in [2.45, 2.75) is 18.2 Å². The number of carbonyl (C=O) groups excluding carboxylic acids is 1. The summed E-state index contributed by atoms with van der Waals surface area (Å²) in [6, 6.07) is 3.94. The molecule has 0 aliphatic rings. The van der Waals surface area contributed by atoms with Gasteiger partial charge >= 0.3 is 0 Å². The summed E-state index contributed by atoms with van der Waals surface area (Å²) in [6.07, 6.45) is 0.221. The molecule has 1 aromatic rings. The monoisotopic (exact) mass is 229 g/mol. The summed E-state index contributed by atoms with van der Waals surface area (Å²) in [5.41, 5.74) is 5.40. The highest BCUT2D eigenvalue weighted by atomic mass is 32.2. The van der Waals surface area contributed by atoms with Gasteiger partial charge in [-0.2, -0.15) is 8.42 Å². The van der Waals surface area contributed by atoms with Gasteiger partial charge in [-0.15, -0.1) is 0 Å². The molecule has 0 amide bonds. The van der Waals surface area contributed by atoms with Gasteiger partial charge in [-0.3, -0.25) is 9.35 Å². The van der Waals surface area contributed by atoms with Crippen LogP contribution in [0.5, 0.6) is 0 Å². The van der Waals surface area contributed by atoms with E-state index in [1.54, 1.807) is 6.92 Å². The summed E-state index contributed by atoms with van der Waals surface area (Å²) in [5.74, 6) is -0.266. The van der Waals surface area contributed by atoms with Crippen molar-refractivity contribution < 1.29 is 17.8 Å². The van der Waals surface area contributed by atoms with E-state index in [-0.39, 0.29) is 23.5 Å². The van der Waals surface area contributed by atoms with Crippen molar-refractivity contribution in [2.75, 3.05) is 5.73 Å². The molecule has 0 unspecified atom stereocenters. The molecule has 0 bridgehead atoms. The lowest BCUT2D eigenvalue weighted by molar-refractivity contribution is 0.0989. The summed E-state index contributed by atoms with van der Waals surface area (Å²) >= 11 is 0. The number of carbonyl (C=O) groups is 1. The lowest BCUT2D eigenvalue weighted by Gasteiger charge is -2.06. The van der Waals surface area contributed by atoms with E-state index < -0.39 is 15.0 Å². The Morgan fingerprint density at radius 3 is 2.53 bits per heavy atom. The standard InChI is InChI=1S/C9H11NO4S/c1-2-7(11)6-4-3-5-8(9(6)10)15(12,13)14/h3-5H,2,10H2,1H3,(H,12,13,14). The Morgan fingerprint density at radius 2 is 2.07 bits per heavy atom. The molecule has 0 atom stereocenters. The Kier molecular flexibility index (Phi) is 3.11. The van der Waals surface area contributed by atoms with Crippen LogP contribution >= 0.6 is 0 Å². The Hall–Kier alpha value is -1.40. The van der Waals surface area contributed by atoms with E-state index in [1.165, 1.54) is 12.1 Å². The smallest absolute Gasteiger partial charge is 0.296 e. The molecule has 0 fully saturated rings. The normalized spacial score (nSPS) is 11.3. The molecule has 5 nitrogen and oxygen atoms in total. The van der Waals surface area contributed by atoms with Crippen LogP contribution in [0.2, 0.25) is 0 Å². The molecular formula is C9H11NO4S. The first kappa shape index (κ1) is 11.7. The van der Waals surface area contributed by atoms with E-state index in [0.29, 0.717) is 0 Å². The number of hydrogen-bond donors (Lipinski definition) is 2. The van der Waals surface area contributed by atoms with E-state index in [1.807, 2.05) is 0 Å². The van der Waals surface area contributed by atoms with Crippen molar-refractivity contribution in [3.8, 4) is 0 Å². The molecule has 0 aliphatic heterocycles. The number of hydrogen-bond acceptors (Lipinski definition) is 4. The fourth-order valence-electron chi connectivity index (χ4n) is 1.20. The molecule has 3 N–H and O–H groups in total. The summed E-state index contributed by atoms with van der Waals surface area (Å²) in [7, 11) is -4.37. The van der Waals surface area contributed by atoms with E-state index in [2.05, 4.69) is 0 Å². The number of ketones is 1. The van der Waals surface area contributed by atoms with Crippen molar-refractivity contribution in [2.24, 2.45) is 0 Å². The minimum absolute atomic E-state index is 0.118. The highest BCUT2D eigenvalue weighted by Crippen LogP contribution is 2.23. The zero-order valence-corrected chi connectivity index (χ0v) is 8.91. The minimum atomic E-state index is -4.37. The Morgan fingerprint density at radius 1 is 1.47 bits per heavy atom. The number of nitrogens with two attached hydrogens (primary N) is 1. The zero-order valence-electron chi connectivity index (χ0n) is 8.10. The highest BCUT2D eigenvalue weighted by Gasteiger charge is 2.18. The van der Waals surface area contributed by atoms with Crippen molar-refractivity contribution in [3.05, 3.63) is 23.8 Å². The average Bonchev–Trinajstić information content (AvgIpc) is 2.15. The second-order valence-corrected chi connectivity index (χ2v) is 4.36. The van der Waals surface area contributed by atoms with E-state index in [4.69, 9.17) is 10.3 Å². The quantitative estimate of drug-likeness (QED) is 0.459. The van der Waals surface area contributed by atoms with Gasteiger partial charge in [0.25, 0.3) is 10.1 Å². The molecule has 1 aromatic carbocycles. The average molecular weight is 229 g/mol. The summed E-state index contributed by atoms with van der Waals surface area (Å²) in [4.78, 5) is 10.9. The van der Waals surface area contributed by atoms with E-state index in [0.717, 1.165) is 6.07 Å². The van der Waals surface area contributed by atoms with Gasteiger partial charge in [-0.1, -0.05) is 13.0 Å². The largest absolute Gasteiger partial charge is 0.397 e. The molecule has 0 saturated heterocycles. The number of benzene rings is 1. The molecule has 0 aliphatic carbocycles. The van der Waals surface area contributed by atoms with Crippen LogP contribution in [0.3, 0.4) is 0 Å². The van der Waals surface area contributed by atoms with Gasteiger partial charge in [0.05, 0.1) is 5.69 Å². The second-order valence-electron chi connectivity index (χ2n) is 2.97. The molecule has 0 heterocycles. The third-order valence-corrected chi connectivity index (χ3v) is 2.88. The van der Waals surface area contributed by atoms with Crippen LogP contribution in [-0.2, 0) is 10.1 Å². The molecule has 0 saturated carbocycles. The lowest BCUT2D eigenvalue weighted by atomic mass is 10.1. The zero-order chi connectivity index (χ0) is 11.6. The summed E-state index contributed by atoms with van der Waals surface area (Å²) in [5, 5.41) is 0. The van der Waals surface area contributed by atoms with Crippen LogP contribution in [0.1, 0.15) is 23.7 Å². The van der Waals surface area contributed by atoms with Gasteiger partial charge in [0, 0.05) is 12.0 Å². The molecule has 0 spiro atoms. The van der Waals surface area contributed by atoms with Crippen molar-refractivity contribution in [3.63, 3.8) is 0 Å². The first-order valence-electron chi connectivity index (χ1n) is 4.27. The van der Waals surface area contributed by atoms with Gasteiger partial charge in [-0.05, 0) is 12.1 Å². The molecule has 6 heteroatoms. The fraction of sp³-hybridized carbons (Fsp3) is 0.222. The SMILES string of the molecule is CCC(=O)c1cccc(S(=O)(=O)O)c1N.